The molecule has 0 aromatic carbocycles. The van der Waals surface area contributed by atoms with Gasteiger partial charge in [-0.15, -0.1) is 6.58 Å². The number of hydrogen-bond acceptors (Lipinski definition) is 2. The van der Waals surface area contributed by atoms with Gasteiger partial charge in [0.05, 0.1) is 0 Å². The average Bonchev–Trinajstić information content (AvgIpc) is 2.53. The minimum atomic E-state index is -1.02. The summed E-state index contributed by atoms with van der Waals surface area (Å²) >= 11 is 0. The van der Waals surface area contributed by atoms with Crippen molar-refractivity contribution in [3.8, 4) is 0 Å². The predicted molar refractivity (Wildman–Crippen MR) is 69.4 cm³/mol. The smallest absolute Gasteiger partial charge is 0.326 e. The largest absolute Gasteiger partial charge is 0.480 e. The molecule has 2 amide bonds. The fourth-order valence-corrected chi connectivity index (χ4v) is 2.20. The predicted octanol–water partition coefficient (Wildman–Crippen LogP) is 1.99. The van der Waals surface area contributed by atoms with Gasteiger partial charge in [0.15, 0.2) is 0 Å². The van der Waals surface area contributed by atoms with Gasteiger partial charge in [0.1, 0.15) is 6.04 Å². The van der Waals surface area contributed by atoms with Crippen LogP contribution in [0.4, 0.5) is 4.79 Å². The number of nitrogens with zero attached hydrogens (tertiary/aromatic N) is 1. The minimum absolute atomic E-state index is 0.172. The Labute approximate surface area is 108 Å². The summed E-state index contributed by atoms with van der Waals surface area (Å²) in [5.41, 5.74) is 0. The van der Waals surface area contributed by atoms with E-state index in [0.717, 1.165) is 25.7 Å². The summed E-state index contributed by atoms with van der Waals surface area (Å²) in [6, 6.07) is -0.991. The van der Waals surface area contributed by atoms with Gasteiger partial charge >= 0.3 is 12.0 Å². The van der Waals surface area contributed by atoms with Gasteiger partial charge in [-0.05, 0) is 26.2 Å². The molecule has 1 rings (SSSR count). The number of urea groups is 1. The highest BCUT2D eigenvalue weighted by atomic mass is 16.4. The molecule has 2 unspecified atom stereocenters. The summed E-state index contributed by atoms with van der Waals surface area (Å²) in [4.78, 5) is 24.8. The van der Waals surface area contributed by atoms with Crippen LogP contribution in [0.1, 0.15) is 39.0 Å². The first kappa shape index (κ1) is 14.5. The van der Waals surface area contributed by atoms with Gasteiger partial charge in [0.25, 0.3) is 0 Å². The second kappa shape index (κ2) is 7.03. The number of carboxylic acid groups (broad SMARTS) is 1. The minimum Gasteiger partial charge on any atom is -0.480 e. The van der Waals surface area contributed by atoms with E-state index in [1.165, 1.54) is 6.08 Å². The van der Waals surface area contributed by atoms with Crippen LogP contribution in [0.25, 0.3) is 0 Å². The molecule has 2 atom stereocenters. The maximum Gasteiger partial charge on any atom is 0.326 e. The molecule has 0 bridgehead atoms. The van der Waals surface area contributed by atoms with Gasteiger partial charge in [0, 0.05) is 12.6 Å². The van der Waals surface area contributed by atoms with Crippen molar-refractivity contribution in [2.24, 2.45) is 0 Å². The van der Waals surface area contributed by atoms with E-state index < -0.39 is 12.0 Å². The van der Waals surface area contributed by atoms with E-state index in [1.54, 1.807) is 4.90 Å². The Balaban J connectivity index is 2.61. The lowest BCUT2D eigenvalue weighted by atomic mass is 10.1. The Morgan fingerprint density at radius 2 is 2.22 bits per heavy atom. The molecule has 0 aromatic heterocycles. The molecular weight excluding hydrogens is 232 g/mol. The molecule has 0 aliphatic carbocycles. The quantitative estimate of drug-likeness (QED) is 0.754. The zero-order valence-corrected chi connectivity index (χ0v) is 10.9. The van der Waals surface area contributed by atoms with E-state index in [0.29, 0.717) is 6.54 Å². The lowest BCUT2D eigenvalue weighted by Crippen LogP contribution is -2.50. The summed E-state index contributed by atoms with van der Waals surface area (Å²) in [5.74, 6) is -1.02. The topological polar surface area (TPSA) is 69.6 Å². The summed E-state index contributed by atoms with van der Waals surface area (Å²) in [7, 11) is 0. The fourth-order valence-electron chi connectivity index (χ4n) is 2.20. The first-order chi connectivity index (χ1) is 8.56. The molecule has 0 radical (unpaired) electrons. The third-order valence-electron chi connectivity index (χ3n) is 3.31. The Hall–Kier alpha value is -1.52. The molecule has 18 heavy (non-hydrogen) atoms. The molecule has 2 N–H and O–H groups in total. The van der Waals surface area contributed by atoms with Gasteiger partial charge < -0.3 is 15.3 Å². The molecule has 1 aliphatic rings. The van der Waals surface area contributed by atoms with Crippen molar-refractivity contribution in [1.29, 1.82) is 0 Å². The maximum absolute atomic E-state index is 12.1. The van der Waals surface area contributed by atoms with E-state index in [2.05, 4.69) is 11.9 Å². The van der Waals surface area contributed by atoms with Crippen molar-refractivity contribution >= 4 is 12.0 Å². The molecule has 0 spiro atoms. The van der Waals surface area contributed by atoms with Crippen LogP contribution in [0, 0.1) is 0 Å². The summed E-state index contributed by atoms with van der Waals surface area (Å²) < 4.78 is 0. The van der Waals surface area contributed by atoms with Gasteiger partial charge in [-0.3, -0.25) is 0 Å². The Kier molecular flexibility index (Phi) is 5.68. The lowest BCUT2D eigenvalue weighted by Gasteiger charge is -2.28. The second-order valence-electron chi connectivity index (χ2n) is 4.76. The third-order valence-corrected chi connectivity index (χ3v) is 3.31. The number of aliphatic carboxylic acids is 1. The Morgan fingerprint density at radius 1 is 1.50 bits per heavy atom. The maximum atomic E-state index is 12.1. The Bertz CT molecular complexity index is 317. The van der Waals surface area contributed by atoms with Crippen molar-refractivity contribution in [2.45, 2.75) is 51.1 Å². The van der Waals surface area contributed by atoms with Crippen molar-refractivity contribution in [1.82, 2.24) is 10.2 Å². The molecule has 1 heterocycles. The molecule has 1 aliphatic heterocycles. The van der Waals surface area contributed by atoms with Gasteiger partial charge in [-0.2, -0.15) is 0 Å². The summed E-state index contributed by atoms with van der Waals surface area (Å²) in [5, 5.41) is 11.6. The highest BCUT2D eigenvalue weighted by molar-refractivity contribution is 5.82. The molecule has 5 heteroatoms. The van der Waals surface area contributed by atoms with Gasteiger partial charge in [0.2, 0.25) is 0 Å². The number of carbonyl (C=O) groups excluding carboxylic acids is 1. The summed E-state index contributed by atoms with van der Waals surface area (Å²) in [6.45, 7) is 6.21. The van der Waals surface area contributed by atoms with Crippen LogP contribution in [0.5, 0.6) is 0 Å². The monoisotopic (exact) mass is 254 g/mol. The molecule has 5 nitrogen and oxygen atoms in total. The first-order valence-electron chi connectivity index (χ1n) is 6.47. The van der Waals surface area contributed by atoms with Crippen LogP contribution >= 0.6 is 0 Å². The van der Waals surface area contributed by atoms with Crippen molar-refractivity contribution in [3.63, 3.8) is 0 Å². The second-order valence-corrected chi connectivity index (χ2v) is 4.76. The fraction of sp³-hybridized carbons (Fsp3) is 0.692. The van der Waals surface area contributed by atoms with Crippen LogP contribution in [0.3, 0.4) is 0 Å². The first-order valence-corrected chi connectivity index (χ1v) is 6.47. The number of carboxylic acids is 1. The van der Waals surface area contributed by atoms with E-state index >= 15 is 0 Å². The number of amides is 2. The van der Waals surface area contributed by atoms with Crippen LogP contribution < -0.4 is 5.32 Å². The van der Waals surface area contributed by atoms with E-state index in [4.69, 9.17) is 5.11 Å². The average molecular weight is 254 g/mol. The lowest BCUT2D eigenvalue weighted by molar-refractivity contribution is -0.139. The van der Waals surface area contributed by atoms with Crippen LogP contribution in [0.15, 0.2) is 12.7 Å². The molecular formula is C13H22N2O3. The standard InChI is InChI=1S/C13H22N2O3/c1-3-7-11(12(16)17)14-13(18)15-9-6-4-5-8-10(15)2/h3,10-11H,1,4-9H2,2H3,(H,14,18)(H,16,17). The molecule has 102 valence electrons. The zero-order chi connectivity index (χ0) is 13.5. The highest BCUT2D eigenvalue weighted by Crippen LogP contribution is 2.16. The van der Waals surface area contributed by atoms with Crippen molar-refractivity contribution in [3.05, 3.63) is 12.7 Å². The Morgan fingerprint density at radius 3 is 2.83 bits per heavy atom. The molecule has 1 fully saturated rings. The third kappa shape index (κ3) is 4.05. The number of likely N-dealkylation sites (tertiary alicyclic amines) is 1. The van der Waals surface area contributed by atoms with E-state index in [-0.39, 0.29) is 18.5 Å². The molecule has 1 saturated heterocycles. The van der Waals surface area contributed by atoms with Gasteiger partial charge in [-0.25, -0.2) is 9.59 Å². The molecule has 0 aromatic rings. The normalized spacial score (nSPS) is 21.8. The van der Waals surface area contributed by atoms with Gasteiger partial charge in [-0.1, -0.05) is 18.9 Å². The number of carbonyl (C=O) groups is 2. The SMILES string of the molecule is C=CCC(NC(=O)N1CCCCCC1C)C(=O)O. The molecule has 0 saturated carbocycles. The number of nitrogens with one attached hydrogen (secondary N) is 1. The number of rotatable bonds is 4. The summed E-state index contributed by atoms with van der Waals surface area (Å²) in [6.07, 6.45) is 5.96. The van der Waals surface area contributed by atoms with Crippen molar-refractivity contribution < 1.29 is 14.7 Å². The van der Waals surface area contributed by atoms with Crippen molar-refractivity contribution in [2.75, 3.05) is 6.54 Å². The van der Waals surface area contributed by atoms with E-state index in [1.807, 2.05) is 6.92 Å². The van der Waals surface area contributed by atoms with Crippen LogP contribution in [0.2, 0.25) is 0 Å². The number of hydrogen-bond donors (Lipinski definition) is 2. The highest BCUT2D eigenvalue weighted by Gasteiger charge is 2.25. The van der Waals surface area contributed by atoms with Crippen LogP contribution in [-0.2, 0) is 4.79 Å². The van der Waals surface area contributed by atoms with E-state index in [9.17, 15) is 9.59 Å². The zero-order valence-electron chi connectivity index (χ0n) is 10.9. The van der Waals surface area contributed by atoms with Crippen LogP contribution in [-0.4, -0.2) is 40.6 Å².